The third kappa shape index (κ3) is 4.58. The minimum atomic E-state index is 0.731. The highest BCUT2D eigenvalue weighted by Crippen LogP contribution is 2.33. The molecule has 4 nitrogen and oxygen atoms in total. The van der Waals surface area contributed by atoms with Crippen LogP contribution in [0.5, 0.6) is 0 Å². The zero-order chi connectivity index (χ0) is 20.2. The van der Waals surface area contributed by atoms with Crippen LogP contribution in [0.4, 0.5) is 0 Å². The van der Waals surface area contributed by atoms with Crippen LogP contribution in [0.3, 0.4) is 0 Å². The summed E-state index contributed by atoms with van der Waals surface area (Å²) in [6.45, 7) is 5.18. The Labute approximate surface area is 188 Å². The third-order valence-corrected chi connectivity index (χ3v) is 7.70. The van der Waals surface area contributed by atoms with Crippen LogP contribution in [0.25, 0.3) is 22.0 Å². The first-order chi connectivity index (χ1) is 14.2. The fourth-order valence-electron chi connectivity index (χ4n) is 3.04. The number of nitrogens with zero attached hydrogens (tertiary/aromatic N) is 4. The van der Waals surface area contributed by atoms with Gasteiger partial charge in [-0.15, -0.1) is 32.9 Å². The van der Waals surface area contributed by atoms with Crippen LogP contribution < -0.4 is 0 Å². The third-order valence-electron chi connectivity index (χ3n) is 4.45. The summed E-state index contributed by atoms with van der Waals surface area (Å²) in [7, 11) is 0. The van der Waals surface area contributed by atoms with Crippen molar-refractivity contribution in [1.29, 1.82) is 0 Å². The van der Waals surface area contributed by atoms with Crippen molar-refractivity contribution in [3.05, 3.63) is 56.7 Å². The average Bonchev–Trinajstić information content (AvgIpc) is 3.46. The first kappa shape index (κ1) is 20.6. The predicted octanol–water partition coefficient (Wildman–Crippen LogP) is 7.05. The van der Waals surface area contributed by atoms with Crippen LogP contribution in [-0.4, -0.2) is 19.7 Å². The van der Waals surface area contributed by atoms with Gasteiger partial charge in [-0.2, -0.15) is 0 Å². The van der Waals surface area contributed by atoms with E-state index in [2.05, 4.69) is 45.4 Å². The Morgan fingerprint density at radius 2 is 1.97 bits per heavy atom. The number of thioether (sulfide) groups is 1. The summed E-state index contributed by atoms with van der Waals surface area (Å²) in [5.74, 6) is 1.70. The molecule has 0 saturated carbocycles. The molecule has 0 spiro atoms. The van der Waals surface area contributed by atoms with Crippen molar-refractivity contribution in [2.24, 2.45) is 0 Å². The summed E-state index contributed by atoms with van der Waals surface area (Å²) >= 11 is 11.4. The van der Waals surface area contributed by atoms with E-state index in [0.717, 1.165) is 63.0 Å². The second kappa shape index (κ2) is 9.43. The van der Waals surface area contributed by atoms with Gasteiger partial charge in [0.1, 0.15) is 5.01 Å². The van der Waals surface area contributed by atoms with Gasteiger partial charge in [-0.1, -0.05) is 54.9 Å². The second-order valence-electron chi connectivity index (χ2n) is 6.51. The van der Waals surface area contributed by atoms with Gasteiger partial charge in [0, 0.05) is 39.1 Å². The molecular weight excluding hydrogens is 440 g/mol. The van der Waals surface area contributed by atoms with E-state index in [1.807, 2.05) is 24.3 Å². The molecule has 3 aromatic heterocycles. The van der Waals surface area contributed by atoms with E-state index in [9.17, 15) is 0 Å². The van der Waals surface area contributed by atoms with Crippen molar-refractivity contribution in [2.75, 3.05) is 0 Å². The smallest absolute Gasteiger partial charge is 0.191 e. The van der Waals surface area contributed by atoms with E-state index >= 15 is 0 Å². The van der Waals surface area contributed by atoms with Gasteiger partial charge in [-0.05, 0) is 25.5 Å². The summed E-state index contributed by atoms with van der Waals surface area (Å²) in [6, 6.07) is 10.1. The first-order valence-corrected chi connectivity index (χ1v) is 12.6. The summed E-state index contributed by atoms with van der Waals surface area (Å²) < 4.78 is 2.18. The molecule has 4 aromatic rings. The SMILES string of the molecule is CCCc1cc(-c2nnc(SCc3csc(-c4ccccc4Cl)n3)n2CC)cs1. The highest BCUT2D eigenvalue weighted by Gasteiger charge is 2.16. The highest BCUT2D eigenvalue weighted by molar-refractivity contribution is 7.98. The number of benzene rings is 1. The molecule has 0 unspecified atom stereocenters. The zero-order valence-corrected chi connectivity index (χ0v) is 19.5. The Bertz CT molecular complexity index is 1100. The Balaban J connectivity index is 1.49. The van der Waals surface area contributed by atoms with Crippen molar-refractivity contribution >= 4 is 46.0 Å². The molecule has 8 heteroatoms. The van der Waals surface area contributed by atoms with E-state index in [4.69, 9.17) is 16.6 Å². The quantitative estimate of drug-likeness (QED) is 0.264. The molecular formula is C21H21ClN4S3. The van der Waals surface area contributed by atoms with Gasteiger partial charge in [0.05, 0.1) is 10.7 Å². The summed E-state index contributed by atoms with van der Waals surface area (Å²) in [5, 5.41) is 15.8. The maximum absolute atomic E-state index is 6.30. The van der Waals surface area contributed by atoms with Gasteiger partial charge in [-0.3, -0.25) is 0 Å². The van der Waals surface area contributed by atoms with E-state index in [1.54, 1.807) is 34.4 Å². The van der Waals surface area contributed by atoms with Crippen LogP contribution in [0.2, 0.25) is 5.02 Å². The lowest BCUT2D eigenvalue weighted by molar-refractivity contribution is 0.687. The van der Waals surface area contributed by atoms with E-state index in [1.165, 1.54) is 4.88 Å². The average molecular weight is 461 g/mol. The number of aromatic nitrogens is 4. The van der Waals surface area contributed by atoms with Crippen LogP contribution in [0, 0.1) is 0 Å². The van der Waals surface area contributed by atoms with Crippen LogP contribution in [0.15, 0.2) is 46.2 Å². The molecule has 0 bridgehead atoms. The van der Waals surface area contributed by atoms with Crippen molar-refractivity contribution in [3.63, 3.8) is 0 Å². The zero-order valence-electron chi connectivity index (χ0n) is 16.3. The molecule has 0 aliphatic heterocycles. The minimum absolute atomic E-state index is 0.731. The molecule has 0 N–H and O–H groups in total. The lowest BCUT2D eigenvalue weighted by Gasteiger charge is -2.05. The standard InChI is InChI=1S/C21H21ClN4S3/c1-3-7-16-10-14(11-27-16)19-24-25-21(26(19)4-2)29-13-15-12-28-20(23-15)17-8-5-6-9-18(17)22/h5-6,8-12H,3-4,7,13H2,1-2H3. The largest absolute Gasteiger partial charge is 0.302 e. The Hall–Kier alpha value is -1.67. The number of aryl methyl sites for hydroxylation is 1. The van der Waals surface area contributed by atoms with E-state index in [-0.39, 0.29) is 0 Å². The molecule has 0 saturated heterocycles. The molecule has 1 aromatic carbocycles. The topological polar surface area (TPSA) is 43.6 Å². The Morgan fingerprint density at radius 3 is 2.76 bits per heavy atom. The van der Waals surface area contributed by atoms with Gasteiger partial charge < -0.3 is 4.57 Å². The normalized spacial score (nSPS) is 11.3. The molecule has 150 valence electrons. The molecule has 0 radical (unpaired) electrons. The maximum Gasteiger partial charge on any atom is 0.191 e. The van der Waals surface area contributed by atoms with Crippen LogP contribution >= 0.6 is 46.0 Å². The van der Waals surface area contributed by atoms with Gasteiger partial charge in [-0.25, -0.2) is 4.98 Å². The number of halogens is 1. The number of rotatable bonds is 8. The van der Waals surface area contributed by atoms with Gasteiger partial charge >= 0.3 is 0 Å². The monoisotopic (exact) mass is 460 g/mol. The van der Waals surface area contributed by atoms with Crippen molar-refractivity contribution in [1.82, 2.24) is 19.7 Å². The molecule has 4 rings (SSSR count). The van der Waals surface area contributed by atoms with Gasteiger partial charge in [0.2, 0.25) is 0 Å². The first-order valence-electron chi connectivity index (χ1n) is 9.52. The van der Waals surface area contributed by atoms with Crippen molar-refractivity contribution in [2.45, 2.75) is 44.1 Å². The van der Waals surface area contributed by atoms with Gasteiger partial charge in [0.25, 0.3) is 0 Å². The number of hydrogen-bond acceptors (Lipinski definition) is 6. The summed E-state index contributed by atoms with van der Waals surface area (Å²) in [6.07, 6.45) is 2.27. The van der Waals surface area contributed by atoms with Crippen molar-refractivity contribution < 1.29 is 0 Å². The lowest BCUT2D eigenvalue weighted by atomic mass is 10.2. The number of hydrogen-bond donors (Lipinski definition) is 0. The van der Waals surface area contributed by atoms with E-state index < -0.39 is 0 Å². The Kier molecular flexibility index (Phi) is 6.70. The van der Waals surface area contributed by atoms with Gasteiger partial charge in [0.15, 0.2) is 11.0 Å². The predicted molar refractivity (Wildman–Crippen MR) is 125 cm³/mol. The molecule has 29 heavy (non-hydrogen) atoms. The molecule has 3 heterocycles. The highest BCUT2D eigenvalue weighted by atomic mass is 35.5. The fraction of sp³-hybridized carbons (Fsp3) is 0.286. The summed E-state index contributed by atoms with van der Waals surface area (Å²) in [5.41, 5.74) is 3.17. The maximum atomic E-state index is 6.30. The molecule has 0 amide bonds. The van der Waals surface area contributed by atoms with Crippen LogP contribution in [0.1, 0.15) is 30.8 Å². The van der Waals surface area contributed by atoms with Crippen LogP contribution in [-0.2, 0) is 18.7 Å². The minimum Gasteiger partial charge on any atom is -0.302 e. The molecule has 0 aliphatic rings. The second-order valence-corrected chi connectivity index (χ2v) is 9.72. The van der Waals surface area contributed by atoms with Crippen molar-refractivity contribution in [3.8, 4) is 22.0 Å². The fourth-order valence-corrected chi connectivity index (χ4v) is 6.15. The van der Waals surface area contributed by atoms with E-state index in [0.29, 0.717) is 0 Å². The lowest BCUT2D eigenvalue weighted by Crippen LogP contribution is -1.99. The molecule has 0 fully saturated rings. The summed E-state index contributed by atoms with van der Waals surface area (Å²) in [4.78, 5) is 6.16. The Morgan fingerprint density at radius 1 is 1.10 bits per heavy atom. The number of thiophene rings is 1. The number of thiazole rings is 1. The molecule has 0 aliphatic carbocycles. The molecule has 0 atom stereocenters.